The van der Waals surface area contributed by atoms with E-state index in [1.165, 1.54) is 10.4 Å². The number of rotatable bonds is 5. The summed E-state index contributed by atoms with van der Waals surface area (Å²) in [4.78, 5) is 5.76. The van der Waals surface area contributed by atoms with Crippen LogP contribution in [0.3, 0.4) is 0 Å². The van der Waals surface area contributed by atoms with Crippen LogP contribution < -0.4 is 15.4 Å². The predicted octanol–water partition coefficient (Wildman–Crippen LogP) is 4.38. The number of hydrogen-bond acceptors (Lipinski definition) is 3. The van der Waals surface area contributed by atoms with Gasteiger partial charge in [-0.1, -0.05) is 38.1 Å². The Bertz CT molecular complexity index is 716. The summed E-state index contributed by atoms with van der Waals surface area (Å²) in [5.74, 6) is 2.32. The molecule has 1 aromatic carbocycles. The van der Waals surface area contributed by atoms with Crippen LogP contribution in [0, 0.1) is 0 Å². The van der Waals surface area contributed by atoms with Crippen LogP contribution in [0.4, 0.5) is 0 Å². The van der Waals surface area contributed by atoms with Crippen LogP contribution in [0.2, 0.25) is 0 Å². The highest BCUT2D eigenvalue weighted by molar-refractivity contribution is 14.0. The molecule has 0 aliphatic carbocycles. The van der Waals surface area contributed by atoms with Gasteiger partial charge in [-0.05, 0) is 29.5 Å². The van der Waals surface area contributed by atoms with Crippen molar-refractivity contribution in [3.63, 3.8) is 0 Å². The van der Waals surface area contributed by atoms with Crippen molar-refractivity contribution in [2.45, 2.75) is 31.6 Å². The molecule has 0 saturated heterocycles. The number of thiophene rings is 1. The zero-order chi connectivity index (χ0) is 17.7. The molecule has 1 aromatic heterocycles. The number of guanidine groups is 1. The van der Waals surface area contributed by atoms with Crippen molar-refractivity contribution in [1.82, 2.24) is 10.6 Å². The minimum Gasteiger partial charge on any atom is -0.493 e. The quantitative estimate of drug-likeness (QED) is 0.376. The number of nitrogens with one attached hydrogen (secondary N) is 2. The number of aliphatic imine (C=N–C) groups is 1. The van der Waals surface area contributed by atoms with Crippen LogP contribution in [0.15, 0.2) is 46.8 Å². The van der Waals surface area contributed by atoms with Crippen molar-refractivity contribution < 1.29 is 4.74 Å². The van der Waals surface area contributed by atoms with Gasteiger partial charge in [0.1, 0.15) is 5.75 Å². The summed E-state index contributed by atoms with van der Waals surface area (Å²) in [6.45, 7) is 7.00. The van der Waals surface area contributed by atoms with Crippen molar-refractivity contribution in [3.05, 3.63) is 52.2 Å². The van der Waals surface area contributed by atoms with Crippen LogP contribution in [0.25, 0.3) is 0 Å². The zero-order valence-electron chi connectivity index (χ0n) is 15.6. The predicted molar refractivity (Wildman–Crippen MR) is 121 cm³/mol. The van der Waals surface area contributed by atoms with Crippen molar-refractivity contribution in [3.8, 4) is 5.75 Å². The summed E-state index contributed by atoms with van der Waals surface area (Å²) in [6, 6.07) is 12.6. The third-order valence-electron chi connectivity index (χ3n) is 4.71. The lowest BCUT2D eigenvalue weighted by atomic mass is 9.91. The summed E-state index contributed by atoms with van der Waals surface area (Å²) in [6.07, 6.45) is 1.03. The second-order valence-corrected chi connectivity index (χ2v) is 7.99. The Morgan fingerprint density at radius 3 is 2.77 bits per heavy atom. The van der Waals surface area contributed by atoms with Gasteiger partial charge in [0.05, 0.1) is 6.61 Å². The molecule has 1 aliphatic rings. The van der Waals surface area contributed by atoms with E-state index in [0.717, 1.165) is 37.8 Å². The Labute approximate surface area is 177 Å². The van der Waals surface area contributed by atoms with Gasteiger partial charge in [-0.3, -0.25) is 4.99 Å². The van der Waals surface area contributed by atoms with Gasteiger partial charge < -0.3 is 15.4 Å². The van der Waals surface area contributed by atoms with Crippen LogP contribution in [0.5, 0.6) is 5.75 Å². The lowest BCUT2D eigenvalue weighted by molar-refractivity contribution is 0.267. The Balaban J connectivity index is 0.00000243. The van der Waals surface area contributed by atoms with Crippen molar-refractivity contribution in [2.24, 2.45) is 4.99 Å². The molecule has 0 amide bonds. The topological polar surface area (TPSA) is 45.7 Å². The highest BCUT2D eigenvalue weighted by atomic mass is 127. The fraction of sp³-hybridized carbons (Fsp3) is 0.450. The smallest absolute Gasteiger partial charge is 0.191 e. The monoisotopic (exact) mass is 485 g/mol. The second-order valence-electron chi connectivity index (χ2n) is 7.04. The molecule has 26 heavy (non-hydrogen) atoms. The average Bonchev–Trinajstić information content (AvgIpc) is 3.17. The van der Waals surface area contributed by atoms with Gasteiger partial charge in [-0.15, -0.1) is 35.3 Å². The maximum atomic E-state index is 5.75. The molecule has 6 heteroatoms. The van der Waals surface area contributed by atoms with Gasteiger partial charge in [0.25, 0.3) is 0 Å². The fourth-order valence-electron chi connectivity index (χ4n) is 3.12. The molecule has 0 radical (unpaired) electrons. The summed E-state index contributed by atoms with van der Waals surface area (Å²) >= 11 is 1.80. The molecular formula is C20H28IN3OS. The van der Waals surface area contributed by atoms with E-state index in [4.69, 9.17) is 4.74 Å². The van der Waals surface area contributed by atoms with E-state index >= 15 is 0 Å². The molecular weight excluding hydrogens is 457 g/mol. The molecule has 1 aliphatic heterocycles. The summed E-state index contributed by atoms with van der Waals surface area (Å²) in [7, 11) is 1.82. The number of hydrogen-bond donors (Lipinski definition) is 2. The minimum atomic E-state index is 0. The molecule has 0 bridgehead atoms. The molecule has 0 saturated carbocycles. The molecule has 3 rings (SSSR count). The number of fused-ring (bicyclic) bond motifs is 1. The first kappa shape index (κ1) is 21.0. The largest absolute Gasteiger partial charge is 0.493 e. The molecule has 2 N–H and O–H groups in total. The molecule has 2 aromatic rings. The van der Waals surface area contributed by atoms with E-state index in [1.807, 2.05) is 13.1 Å². The van der Waals surface area contributed by atoms with Crippen molar-refractivity contribution in [1.29, 1.82) is 0 Å². The van der Waals surface area contributed by atoms with Crippen LogP contribution >= 0.6 is 35.3 Å². The van der Waals surface area contributed by atoms with E-state index in [-0.39, 0.29) is 29.4 Å². The van der Waals surface area contributed by atoms with E-state index in [0.29, 0.717) is 5.92 Å². The summed E-state index contributed by atoms with van der Waals surface area (Å²) < 4.78 is 5.75. The molecule has 142 valence electrons. The summed E-state index contributed by atoms with van der Waals surface area (Å²) in [5.41, 5.74) is 1.37. The lowest BCUT2D eigenvalue weighted by Gasteiger charge is -2.28. The SMILES string of the molecule is CN=C(NCC1CCOc2ccccc21)NCC(C)(C)c1cccs1.I. The number of ether oxygens (including phenoxy) is 1. The lowest BCUT2D eigenvalue weighted by Crippen LogP contribution is -2.44. The van der Waals surface area contributed by atoms with Gasteiger partial charge in [-0.25, -0.2) is 0 Å². The minimum absolute atomic E-state index is 0. The molecule has 4 nitrogen and oxygen atoms in total. The standard InChI is InChI=1S/C20H27N3OS.HI/c1-20(2,18-9-6-12-25-18)14-23-19(21-3)22-13-15-10-11-24-17-8-5-4-7-16(15)17;/h4-9,12,15H,10-11,13-14H2,1-3H3,(H2,21,22,23);1H. The highest BCUT2D eigenvalue weighted by Gasteiger charge is 2.23. The molecule has 1 unspecified atom stereocenters. The molecule has 0 fully saturated rings. The fourth-order valence-corrected chi connectivity index (χ4v) is 3.98. The Kier molecular flexibility index (Phi) is 7.76. The Morgan fingerprint density at radius 1 is 1.23 bits per heavy atom. The van der Waals surface area contributed by atoms with E-state index in [9.17, 15) is 0 Å². The number of para-hydroxylation sites is 1. The second kappa shape index (κ2) is 9.60. The first-order valence-corrected chi connectivity index (χ1v) is 9.68. The molecule has 2 heterocycles. The van der Waals surface area contributed by atoms with Crippen LogP contribution in [-0.2, 0) is 5.41 Å². The maximum absolute atomic E-state index is 5.75. The normalized spacial score (nSPS) is 16.9. The van der Waals surface area contributed by atoms with Gasteiger partial charge in [-0.2, -0.15) is 0 Å². The number of halogens is 1. The summed E-state index contributed by atoms with van der Waals surface area (Å²) in [5, 5.41) is 9.09. The Hall–Kier alpha value is -1.28. The van der Waals surface area contributed by atoms with Gasteiger partial charge in [0.15, 0.2) is 5.96 Å². The first-order valence-electron chi connectivity index (χ1n) is 8.80. The zero-order valence-corrected chi connectivity index (χ0v) is 18.8. The number of benzene rings is 1. The van der Waals surface area contributed by atoms with Gasteiger partial charge in [0, 0.05) is 36.3 Å². The van der Waals surface area contributed by atoms with E-state index in [2.05, 4.69) is 65.2 Å². The molecule has 1 atom stereocenters. The van der Waals surface area contributed by atoms with Crippen LogP contribution in [-0.4, -0.2) is 32.7 Å². The average molecular weight is 485 g/mol. The Morgan fingerprint density at radius 2 is 2.04 bits per heavy atom. The molecule has 0 spiro atoms. The third kappa shape index (κ3) is 5.13. The van der Waals surface area contributed by atoms with E-state index < -0.39 is 0 Å². The van der Waals surface area contributed by atoms with Gasteiger partial charge in [0.2, 0.25) is 0 Å². The maximum Gasteiger partial charge on any atom is 0.191 e. The highest BCUT2D eigenvalue weighted by Crippen LogP contribution is 2.32. The third-order valence-corrected chi connectivity index (χ3v) is 5.94. The van der Waals surface area contributed by atoms with E-state index in [1.54, 1.807) is 11.3 Å². The first-order chi connectivity index (χ1) is 12.1. The number of nitrogens with zero attached hydrogens (tertiary/aromatic N) is 1. The van der Waals surface area contributed by atoms with Crippen molar-refractivity contribution >= 4 is 41.3 Å². The van der Waals surface area contributed by atoms with Crippen LogP contribution in [0.1, 0.15) is 36.6 Å². The van der Waals surface area contributed by atoms with Crippen molar-refractivity contribution in [2.75, 3.05) is 26.7 Å². The van der Waals surface area contributed by atoms with Gasteiger partial charge >= 0.3 is 0 Å².